The van der Waals surface area contributed by atoms with Gasteiger partial charge in [0.1, 0.15) is 5.75 Å². The lowest BCUT2D eigenvalue weighted by Crippen LogP contribution is -2.04. The number of nitrogen functional groups attached to an aromatic ring is 1. The first-order valence-corrected chi connectivity index (χ1v) is 6.56. The Labute approximate surface area is 114 Å². The first-order valence-electron chi connectivity index (χ1n) is 5.74. The van der Waals surface area contributed by atoms with Crippen LogP contribution in [-0.4, -0.2) is 22.7 Å². The third kappa shape index (κ3) is 3.45. The van der Waals surface area contributed by atoms with E-state index in [-0.39, 0.29) is 13.0 Å². The second-order valence-corrected chi connectivity index (χ2v) is 5.21. The molecule has 0 bridgehead atoms. The molecule has 0 radical (unpaired) electrons. The summed E-state index contributed by atoms with van der Waals surface area (Å²) < 4.78 is 5.32. The molecule has 1 heterocycles. The molecule has 2 rings (SSSR count). The summed E-state index contributed by atoms with van der Waals surface area (Å²) >= 11 is 1.46. The van der Waals surface area contributed by atoms with Gasteiger partial charge in [-0.15, -0.1) is 11.3 Å². The van der Waals surface area contributed by atoms with Crippen molar-refractivity contribution < 1.29 is 14.6 Å². The predicted molar refractivity (Wildman–Crippen MR) is 74.4 cm³/mol. The topological polar surface area (TPSA) is 85.4 Å². The molecule has 0 unspecified atom stereocenters. The molecule has 1 aromatic heterocycles. The van der Waals surface area contributed by atoms with Crippen LogP contribution in [0.5, 0.6) is 5.75 Å². The summed E-state index contributed by atoms with van der Waals surface area (Å²) in [6, 6.07) is 7.37. The van der Waals surface area contributed by atoms with Crippen molar-refractivity contribution in [2.45, 2.75) is 13.3 Å². The van der Waals surface area contributed by atoms with Crippen molar-refractivity contribution in [1.82, 2.24) is 4.98 Å². The third-order valence-corrected chi connectivity index (χ3v) is 3.33. The minimum absolute atomic E-state index is 0.0104. The number of rotatable bonds is 5. The van der Waals surface area contributed by atoms with E-state index in [2.05, 4.69) is 4.98 Å². The number of ether oxygens (including phenoxy) is 1. The molecule has 0 saturated heterocycles. The van der Waals surface area contributed by atoms with Gasteiger partial charge < -0.3 is 15.6 Å². The smallest absolute Gasteiger partial charge is 0.306 e. The number of nitrogens with two attached hydrogens (primary N) is 1. The second kappa shape index (κ2) is 5.71. The monoisotopic (exact) mass is 278 g/mol. The standard InChI is InChI=1S/C13H14N2O3S/c1-8-12(15-13(14)19-8)9-2-4-10(5-3-9)18-7-6-11(16)17/h2-5H,6-7H2,1H3,(H2,14,15)(H,16,17). The predicted octanol–water partition coefficient (Wildman–Crippen LogP) is 2.55. The number of anilines is 1. The van der Waals surface area contributed by atoms with E-state index < -0.39 is 5.97 Å². The van der Waals surface area contributed by atoms with Crippen LogP contribution in [0.4, 0.5) is 5.13 Å². The van der Waals surface area contributed by atoms with E-state index in [0.29, 0.717) is 10.9 Å². The van der Waals surface area contributed by atoms with Crippen molar-refractivity contribution in [3.05, 3.63) is 29.1 Å². The summed E-state index contributed by atoms with van der Waals surface area (Å²) in [4.78, 5) is 15.7. The number of hydrogen-bond acceptors (Lipinski definition) is 5. The number of hydrogen-bond donors (Lipinski definition) is 2. The van der Waals surface area contributed by atoms with Crippen LogP contribution in [0.1, 0.15) is 11.3 Å². The average Bonchev–Trinajstić information content (AvgIpc) is 2.69. The first kappa shape index (κ1) is 13.4. The lowest BCUT2D eigenvalue weighted by Gasteiger charge is -2.05. The van der Waals surface area contributed by atoms with Gasteiger partial charge in [0.05, 0.1) is 18.7 Å². The normalized spacial score (nSPS) is 10.4. The van der Waals surface area contributed by atoms with E-state index in [1.54, 1.807) is 12.1 Å². The summed E-state index contributed by atoms with van der Waals surface area (Å²) in [6.07, 6.45) is -0.0104. The Hall–Kier alpha value is -2.08. The lowest BCUT2D eigenvalue weighted by molar-refractivity contribution is -0.137. The van der Waals surface area contributed by atoms with Gasteiger partial charge in [-0.25, -0.2) is 4.98 Å². The third-order valence-electron chi connectivity index (χ3n) is 2.53. The van der Waals surface area contributed by atoms with Gasteiger partial charge >= 0.3 is 5.97 Å². The highest BCUT2D eigenvalue weighted by atomic mass is 32.1. The van der Waals surface area contributed by atoms with Crippen LogP contribution in [0.2, 0.25) is 0 Å². The zero-order valence-electron chi connectivity index (χ0n) is 10.4. The number of aryl methyl sites for hydroxylation is 1. The van der Waals surface area contributed by atoms with E-state index in [1.165, 1.54) is 11.3 Å². The van der Waals surface area contributed by atoms with Gasteiger partial charge in [0.2, 0.25) is 0 Å². The van der Waals surface area contributed by atoms with Gasteiger partial charge in [0.15, 0.2) is 5.13 Å². The zero-order valence-corrected chi connectivity index (χ0v) is 11.2. The Morgan fingerprint density at radius 3 is 2.63 bits per heavy atom. The first-order chi connectivity index (χ1) is 9.06. The molecule has 0 aliphatic carbocycles. The molecule has 0 spiro atoms. The molecule has 5 nitrogen and oxygen atoms in total. The molecule has 0 atom stereocenters. The van der Waals surface area contributed by atoms with Crippen molar-refractivity contribution in [2.75, 3.05) is 12.3 Å². The van der Waals surface area contributed by atoms with Gasteiger partial charge in [-0.2, -0.15) is 0 Å². The minimum atomic E-state index is -0.870. The lowest BCUT2D eigenvalue weighted by atomic mass is 10.1. The number of carboxylic acids is 1. The Morgan fingerprint density at radius 2 is 2.11 bits per heavy atom. The number of aliphatic carboxylic acids is 1. The summed E-state index contributed by atoms with van der Waals surface area (Å²) in [5.74, 6) is -0.226. The van der Waals surface area contributed by atoms with Gasteiger partial charge in [-0.05, 0) is 31.2 Å². The number of thiazole rings is 1. The SMILES string of the molecule is Cc1sc(N)nc1-c1ccc(OCCC(=O)O)cc1. The Kier molecular flexibility index (Phi) is 4.01. The highest BCUT2D eigenvalue weighted by Gasteiger charge is 2.08. The number of nitrogens with zero attached hydrogens (tertiary/aromatic N) is 1. The van der Waals surface area contributed by atoms with Crippen LogP contribution in [-0.2, 0) is 4.79 Å². The summed E-state index contributed by atoms with van der Waals surface area (Å²) in [5, 5.41) is 9.07. The number of benzene rings is 1. The highest BCUT2D eigenvalue weighted by Crippen LogP contribution is 2.29. The van der Waals surface area contributed by atoms with Crippen molar-refractivity contribution in [1.29, 1.82) is 0 Å². The Balaban J connectivity index is 2.06. The van der Waals surface area contributed by atoms with Crippen molar-refractivity contribution in [3.8, 4) is 17.0 Å². The second-order valence-electron chi connectivity index (χ2n) is 3.97. The van der Waals surface area contributed by atoms with Gasteiger partial charge in [0, 0.05) is 10.4 Å². The summed E-state index contributed by atoms with van der Waals surface area (Å²) in [5.41, 5.74) is 7.51. The van der Waals surface area contributed by atoms with Crippen molar-refractivity contribution in [2.24, 2.45) is 0 Å². The molecule has 1 aromatic carbocycles. The fraction of sp³-hybridized carbons (Fsp3) is 0.231. The molecule has 19 heavy (non-hydrogen) atoms. The van der Waals surface area contributed by atoms with E-state index >= 15 is 0 Å². The number of aromatic nitrogens is 1. The molecule has 6 heteroatoms. The molecule has 2 aromatic rings. The van der Waals surface area contributed by atoms with E-state index in [9.17, 15) is 4.79 Å². The Bertz CT molecular complexity index is 578. The molecule has 0 saturated carbocycles. The van der Waals surface area contributed by atoms with Gasteiger partial charge in [-0.1, -0.05) is 0 Å². The number of carboxylic acid groups (broad SMARTS) is 1. The average molecular weight is 278 g/mol. The molecule has 0 aliphatic heterocycles. The molecular formula is C13H14N2O3S. The van der Waals surface area contributed by atoms with E-state index in [1.807, 2.05) is 19.1 Å². The van der Waals surface area contributed by atoms with Crippen LogP contribution in [0.15, 0.2) is 24.3 Å². The zero-order chi connectivity index (χ0) is 13.8. The fourth-order valence-corrected chi connectivity index (χ4v) is 2.36. The molecule has 100 valence electrons. The van der Waals surface area contributed by atoms with Crippen LogP contribution >= 0.6 is 11.3 Å². The van der Waals surface area contributed by atoms with Crippen molar-refractivity contribution in [3.63, 3.8) is 0 Å². The van der Waals surface area contributed by atoms with Crippen LogP contribution in [0, 0.1) is 6.92 Å². The maximum Gasteiger partial charge on any atom is 0.306 e. The van der Waals surface area contributed by atoms with Crippen LogP contribution in [0.3, 0.4) is 0 Å². The molecule has 0 fully saturated rings. The maximum atomic E-state index is 10.4. The van der Waals surface area contributed by atoms with Crippen LogP contribution in [0.25, 0.3) is 11.3 Å². The van der Waals surface area contributed by atoms with Gasteiger partial charge in [0.25, 0.3) is 0 Å². The van der Waals surface area contributed by atoms with E-state index in [4.69, 9.17) is 15.6 Å². The van der Waals surface area contributed by atoms with E-state index in [0.717, 1.165) is 16.1 Å². The molecule has 3 N–H and O–H groups in total. The summed E-state index contributed by atoms with van der Waals surface area (Å²) in [7, 11) is 0. The maximum absolute atomic E-state index is 10.4. The van der Waals surface area contributed by atoms with Crippen molar-refractivity contribution >= 4 is 22.4 Å². The molecule has 0 amide bonds. The molecule has 0 aliphatic rings. The largest absolute Gasteiger partial charge is 0.493 e. The number of carbonyl (C=O) groups is 1. The Morgan fingerprint density at radius 1 is 1.42 bits per heavy atom. The minimum Gasteiger partial charge on any atom is -0.493 e. The quantitative estimate of drug-likeness (QED) is 0.877. The summed E-state index contributed by atoms with van der Waals surface area (Å²) in [6.45, 7) is 2.14. The fourth-order valence-electron chi connectivity index (χ4n) is 1.65. The highest BCUT2D eigenvalue weighted by molar-refractivity contribution is 7.15. The molecular weight excluding hydrogens is 264 g/mol. The van der Waals surface area contributed by atoms with Gasteiger partial charge in [-0.3, -0.25) is 4.79 Å². The van der Waals surface area contributed by atoms with Crippen LogP contribution < -0.4 is 10.5 Å².